The van der Waals surface area contributed by atoms with Gasteiger partial charge >= 0.3 is 5.97 Å². The third kappa shape index (κ3) is 3.41. The van der Waals surface area contributed by atoms with E-state index >= 15 is 0 Å². The molecule has 26 heavy (non-hydrogen) atoms. The summed E-state index contributed by atoms with van der Waals surface area (Å²) in [6.07, 6.45) is 3.65. The summed E-state index contributed by atoms with van der Waals surface area (Å²) in [7, 11) is 0. The zero-order valence-electron chi connectivity index (χ0n) is 13.9. The number of ether oxygens (including phenoxy) is 3. The number of hydrogen-bond donors (Lipinski definition) is 0. The molecule has 0 bridgehead atoms. The maximum absolute atomic E-state index is 12.1. The van der Waals surface area contributed by atoms with Crippen LogP contribution in [0, 0.1) is 0 Å². The topological polar surface area (TPSA) is 57.1 Å². The van der Waals surface area contributed by atoms with Crippen molar-refractivity contribution in [2.45, 2.75) is 6.92 Å². The summed E-state index contributed by atoms with van der Waals surface area (Å²) in [6, 6.07) is 13.1. The van der Waals surface area contributed by atoms with E-state index in [9.17, 15) is 4.79 Å². The molecule has 6 heteroatoms. The molecule has 0 radical (unpaired) electrons. The molecule has 2 heterocycles. The van der Waals surface area contributed by atoms with Gasteiger partial charge < -0.3 is 14.2 Å². The lowest BCUT2D eigenvalue weighted by atomic mass is 10.1. The molecule has 0 saturated heterocycles. The number of cyclic esters (lactones) is 1. The van der Waals surface area contributed by atoms with E-state index in [-0.39, 0.29) is 12.5 Å². The predicted octanol–water partition coefficient (Wildman–Crippen LogP) is 4.47. The Morgan fingerprint density at radius 3 is 2.69 bits per heavy atom. The number of halogens is 1. The first kappa shape index (κ1) is 16.6. The van der Waals surface area contributed by atoms with Gasteiger partial charge in [0.2, 0.25) is 12.7 Å². The number of fused-ring (bicyclic) bond motifs is 1. The van der Waals surface area contributed by atoms with Crippen molar-refractivity contribution < 1.29 is 19.0 Å². The highest BCUT2D eigenvalue weighted by Gasteiger charge is 2.24. The predicted molar refractivity (Wildman–Crippen MR) is 101 cm³/mol. The van der Waals surface area contributed by atoms with E-state index in [1.165, 1.54) is 0 Å². The van der Waals surface area contributed by atoms with Crippen LogP contribution < -0.4 is 9.47 Å². The Hall–Kier alpha value is -2.86. The van der Waals surface area contributed by atoms with Crippen LogP contribution in [0.2, 0.25) is 0 Å². The number of allylic oxidation sites excluding steroid dienone is 2. The van der Waals surface area contributed by atoms with Gasteiger partial charge in [0.25, 0.3) is 0 Å². The van der Waals surface area contributed by atoms with Gasteiger partial charge in [-0.15, -0.1) is 0 Å². The molecule has 0 amide bonds. The molecule has 0 aliphatic carbocycles. The number of carbonyl (C=O) groups is 1. The summed E-state index contributed by atoms with van der Waals surface area (Å²) in [6.45, 7) is 2.14. The zero-order chi connectivity index (χ0) is 18.1. The maximum atomic E-state index is 12.1. The van der Waals surface area contributed by atoms with Crippen LogP contribution >= 0.6 is 15.9 Å². The number of benzene rings is 2. The van der Waals surface area contributed by atoms with Crippen LogP contribution in [0.25, 0.3) is 6.08 Å². The zero-order valence-corrected chi connectivity index (χ0v) is 15.4. The first-order valence-corrected chi connectivity index (χ1v) is 8.74. The summed E-state index contributed by atoms with van der Waals surface area (Å²) in [5, 5.41) is 0. The summed E-state index contributed by atoms with van der Waals surface area (Å²) >= 11 is 3.38. The number of rotatable bonds is 3. The first-order valence-electron chi connectivity index (χ1n) is 7.95. The summed E-state index contributed by atoms with van der Waals surface area (Å²) in [4.78, 5) is 16.4. The minimum atomic E-state index is -0.457. The molecule has 2 aromatic carbocycles. The van der Waals surface area contributed by atoms with E-state index in [0.717, 1.165) is 32.7 Å². The molecule has 0 fully saturated rings. The van der Waals surface area contributed by atoms with Crippen molar-refractivity contribution in [2.24, 2.45) is 4.99 Å². The Morgan fingerprint density at radius 1 is 1.12 bits per heavy atom. The third-order valence-corrected chi connectivity index (χ3v) is 4.40. The van der Waals surface area contributed by atoms with Crippen molar-refractivity contribution >= 4 is 33.9 Å². The standard InChI is InChI=1S/C20H14BrNO4/c1-12(8-13-2-7-17-18(10-13)25-11-24-17)9-16-20(23)26-19(22-16)14-3-5-15(21)6-4-14/h2-10H,11H2,1H3/b12-8+,16-9-. The highest BCUT2D eigenvalue weighted by molar-refractivity contribution is 9.10. The molecule has 2 aromatic rings. The highest BCUT2D eigenvalue weighted by atomic mass is 79.9. The molecular weight excluding hydrogens is 398 g/mol. The third-order valence-electron chi connectivity index (χ3n) is 3.87. The van der Waals surface area contributed by atoms with Crippen molar-refractivity contribution in [3.8, 4) is 11.5 Å². The largest absolute Gasteiger partial charge is 0.454 e. The maximum Gasteiger partial charge on any atom is 0.363 e. The lowest BCUT2D eigenvalue weighted by Gasteiger charge is -1.99. The second-order valence-electron chi connectivity index (χ2n) is 5.84. The second-order valence-corrected chi connectivity index (χ2v) is 6.76. The molecule has 0 atom stereocenters. The quantitative estimate of drug-likeness (QED) is 0.552. The van der Waals surface area contributed by atoms with Crippen LogP contribution in [-0.4, -0.2) is 18.7 Å². The monoisotopic (exact) mass is 411 g/mol. The molecule has 0 spiro atoms. The van der Waals surface area contributed by atoms with Crippen molar-refractivity contribution in [2.75, 3.05) is 6.79 Å². The SMILES string of the molecule is CC(/C=C1\N=C(c2ccc(Br)cc2)OC1=O)=C\c1ccc2c(c1)OCO2. The van der Waals surface area contributed by atoms with Crippen LogP contribution in [0.5, 0.6) is 11.5 Å². The van der Waals surface area contributed by atoms with Gasteiger partial charge in [0.15, 0.2) is 17.2 Å². The van der Waals surface area contributed by atoms with E-state index in [4.69, 9.17) is 14.2 Å². The first-order chi connectivity index (χ1) is 12.6. The molecule has 130 valence electrons. The lowest BCUT2D eigenvalue weighted by molar-refractivity contribution is -0.130. The van der Waals surface area contributed by atoms with Crippen molar-refractivity contribution in [3.63, 3.8) is 0 Å². The normalized spacial score (nSPS) is 17.5. The lowest BCUT2D eigenvalue weighted by Crippen LogP contribution is -2.05. The molecule has 0 aromatic heterocycles. The number of esters is 1. The van der Waals surface area contributed by atoms with Gasteiger partial charge in [0.1, 0.15) is 0 Å². The van der Waals surface area contributed by atoms with E-state index < -0.39 is 5.97 Å². The van der Waals surface area contributed by atoms with E-state index in [1.54, 1.807) is 6.08 Å². The van der Waals surface area contributed by atoms with Crippen LogP contribution in [0.3, 0.4) is 0 Å². The smallest absolute Gasteiger partial charge is 0.363 e. The Balaban J connectivity index is 1.58. The minimum absolute atomic E-state index is 0.241. The highest BCUT2D eigenvalue weighted by Crippen LogP contribution is 2.33. The molecule has 2 aliphatic heterocycles. The van der Waals surface area contributed by atoms with Crippen molar-refractivity contribution in [3.05, 3.63) is 75.4 Å². The molecule has 0 N–H and O–H groups in total. The van der Waals surface area contributed by atoms with Crippen molar-refractivity contribution in [1.29, 1.82) is 0 Å². The minimum Gasteiger partial charge on any atom is -0.454 e. The Morgan fingerprint density at radius 2 is 1.88 bits per heavy atom. The average Bonchev–Trinajstić information content (AvgIpc) is 3.22. The van der Waals surface area contributed by atoms with Crippen LogP contribution in [0.1, 0.15) is 18.1 Å². The van der Waals surface area contributed by atoms with E-state index in [2.05, 4.69) is 20.9 Å². The van der Waals surface area contributed by atoms with Crippen LogP contribution in [-0.2, 0) is 9.53 Å². The number of hydrogen-bond acceptors (Lipinski definition) is 5. The van der Waals surface area contributed by atoms with Crippen LogP contribution in [0.4, 0.5) is 0 Å². The summed E-state index contributed by atoms with van der Waals surface area (Å²) < 4.78 is 16.9. The fourth-order valence-electron chi connectivity index (χ4n) is 2.65. The van der Waals surface area contributed by atoms with E-state index in [1.807, 2.05) is 55.5 Å². The number of carbonyl (C=O) groups excluding carboxylic acids is 1. The molecule has 5 nitrogen and oxygen atoms in total. The van der Waals surface area contributed by atoms with Gasteiger partial charge in [-0.25, -0.2) is 9.79 Å². The molecule has 0 saturated carbocycles. The van der Waals surface area contributed by atoms with Gasteiger partial charge in [-0.2, -0.15) is 0 Å². The number of nitrogens with zero attached hydrogens (tertiary/aromatic N) is 1. The Labute approximate surface area is 158 Å². The van der Waals surface area contributed by atoms with Gasteiger partial charge in [0, 0.05) is 10.0 Å². The van der Waals surface area contributed by atoms with E-state index in [0.29, 0.717) is 5.90 Å². The van der Waals surface area contributed by atoms with Crippen molar-refractivity contribution in [1.82, 2.24) is 0 Å². The molecule has 4 rings (SSSR count). The average molecular weight is 412 g/mol. The van der Waals surface area contributed by atoms with Gasteiger partial charge in [-0.3, -0.25) is 0 Å². The fourth-order valence-corrected chi connectivity index (χ4v) is 2.91. The van der Waals surface area contributed by atoms with Gasteiger partial charge in [-0.1, -0.05) is 28.1 Å². The van der Waals surface area contributed by atoms with Gasteiger partial charge in [0.05, 0.1) is 0 Å². The summed E-state index contributed by atoms with van der Waals surface area (Å²) in [5.41, 5.74) is 2.85. The fraction of sp³-hybridized carbons (Fsp3) is 0.100. The van der Waals surface area contributed by atoms with Gasteiger partial charge in [-0.05, 0) is 60.5 Å². The number of aliphatic imine (C=N–C) groups is 1. The molecule has 0 unspecified atom stereocenters. The molecular formula is C20H14BrNO4. The Bertz CT molecular complexity index is 974. The summed E-state index contributed by atoms with van der Waals surface area (Å²) in [5.74, 6) is 1.31. The Kier molecular flexibility index (Phi) is 4.34. The second kappa shape index (κ2) is 6.80. The molecule has 2 aliphatic rings. The van der Waals surface area contributed by atoms with Crippen LogP contribution in [0.15, 0.2) is 69.3 Å².